The molecule has 0 aliphatic carbocycles. The molecule has 9 nitrogen and oxygen atoms in total. The van der Waals surface area contributed by atoms with Crippen LogP contribution in [-0.4, -0.2) is 39.9 Å². The number of para-hydroxylation sites is 1. The van der Waals surface area contributed by atoms with Crippen molar-refractivity contribution < 1.29 is 24.4 Å². The minimum absolute atomic E-state index is 0.206. The molecule has 0 saturated carbocycles. The fourth-order valence-corrected chi connectivity index (χ4v) is 2.36. The van der Waals surface area contributed by atoms with Crippen LogP contribution in [0.3, 0.4) is 0 Å². The summed E-state index contributed by atoms with van der Waals surface area (Å²) in [6, 6.07) is 3.66. The van der Waals surface area contributed by atoms with Crippen molar-refractivity contribution in [1.82, 2.24) is 10.6 Å². The van der Waals surface area contributed by atoms with E-state index in [0.29, 0.717) is 6.42 Å². The zero-order valence-corrected chi connectivity index (χ0v) is 12.0. The molecule has 23 heavy (non-hydrogen) atoms. The van der Waals surface area contributed by atoms with E-state index in [4.69, 9.17) is 0 Å². The highest BCUT2D eigenvalue weighted by Gasteiger charge is 2.31. The van der Waals surface area contributed by atoms with E-state index < -0.39 is 28.9 Å². The number of rotatable bonds is 6. The first-order valence-electron chi connectivity index (χ1n) is 6.93. The molecule has 0 radical (unpaired) electrons. The Morgan fingerprint density at radius 2 is 2.13 bits per heavy atom. The lowest BCUT2D eigenvalue weighted by Crippen LogP contribution is -2.49. The molecule has 1 aliphatic rings. The second-order valence-corrected chi connectivity index (χ2v) is 5.15. The summed E-state index contributed by atoms with van der Waals surface area (Å²) < 4.78 is 0. The fraction of sp³-hybridized carbons (Fsp3) is 0.357. The molecule has 2 amide bonds. The van der Waals surface area contributed by atoms with Crippen LogP contribution >= 0.6 is 0 Å². The van der Waals surface area contributed by atoms with Gasteiger partial charge >= 0.3 is 5.97 Å². The van der Waals surface area contributed by atoms with Crippen LogP contribution in [0, 0.1) is 10.1 Å². The van der Waals surface area contributed by atoms with Crippen molar-refractivity contribution >= 4 is 23.5 Å². The lowest BCUT2D eigenvalue weighted by atomic mass is 10.0. The number of nitrogens with one attached hydrogen (secondary N) is 2. The molecule has 0 aromatic heterocycles. The summed E-state index contributed by atoms with van der Waals surface area (Å²) >= 11 is 0. The highest BCUT2D eigenvalue weighted by molar-refractivity contribution is 5.92. The van der Waals surface area contributed by atoms with Gasteiger partial charge in [-0.25, -0.2) is 4.79 Å². The number of carbonyl (C=O) groups is 3. The lowest BCUT2D eigenvalue weighted by molar-refractivity contribution is -0.385. The number of hydrogen-bond donors (Lipinski definition) is 3. The molecule has 1 aliphatic heterocycles. The number of carboxylic acids is 1. The third kappa shape index (κ3) is 4.02. The van der Waals surface area contributed by atoms with Crippen molar-refractivity contribution in [3.05, 3.63) is 39.9 Å². The Morgan fingerprint density at radius 1 is 1.43 bits per heavy atom. The van der Waals surface area contributed by atoms with E-state index in [9.17, 15) is 29.6 Å². The van der Waals surface area contributed by atoms with Crippen molar-refractivity contribution in [3.8, 4) is 0 Å². The highest BCUT2D eigenvalue weighted by Crippen LogP contribution is 2.19. The van der Waals surface area contributed by atoms with Gasteiger partial charge in [0.05, 0.1) is 4.92 Å². The number of nitro groups is 1. The van der Waals surface area contributed by atoms with Gasteiger partial charge in [0, 0.05) is 24.5 Å². The van der Waals surface area contributed by atoms with Gasteiger partial charge < -0.3 is 15.7 Å². The average Bonchev–Trinajstić information content (AvgIpc) is 2.93. The van der Waals surface area contributed by atoms with Crippen molar-refractivity contribution in [2.24, 2.45) is 0 Å². The molecule has 122 valence electrons. The van der Waals surface area contributed by atoms with E-state index >= 15 is 0 Å². The SMILES string of the molecule is O=C1CC[C@H](C(=O)N[C@H](Cc2ccccc2[N+](=O)[O-])C(=O)O)N1. The standard InChI is InChI=1S/C14H15N3O6/c18-12-6-5-9(15-12)13(19)16-10(14(20)21)7-8-3-1-2-4-11(8)17(22)23/h1-4,9-10H,5-7H2,(H,15,18)(H,16,19)(H,20,21)/t9-,10-/m1/s1. The Hall–Kier alpha value is -2.97. The van der Waals surface area contributed by atoms with Gasteiger partial charge in [-0.1, -0.05) is 18.2 Å². The van der Waals surface area contributed by atoms with E-state index in [1.807, 2.05) is 0 Å². The van der Waals surface area contributed by atoms with Gasteiger partial charge in [0.15, 0.2) is 0 Å². The van der Waals surface area contributed by atoms with Gasteiger partial charge in [-0.05, 0) is 6.42 Å². The van der Waals surface area contributed by atoms with Gasteiger partial charge in [-0.2, -0.15) is 0 Å². The number of nitrogens with zero attached hydrogens (tertiary/aromatic N) is 1. The Kier molecular flexibility index (Phi) is 4.89. The summed E-state index contributed by atoms with van der Waals surface area (Å²) in [4.78, 5) is 44.8. The average molecular weight is 321 g/mol. The molecule has 3 N–H and O–H groups in total. The summed E-state index contributed by atoms with van der Waals surface area (Å²) in [6.07, 6.45) is 0.279. The lowest BCUT2D eigenvalue weighted by Gasteiger charge is -2.17. The Bertz CT molecular complexity index is 660. The van der Waals surface area contributed by atoms with Gasteiger partial charge in [-0.3, -0.25) is 19.7 Å². The van der Waals surface area contributed by atoms with Crippen LogP contribution in [0.15, 0.2) is 24.3 Å². The van der Waals surface area contributed by atoms with Crippen LogP contribution in [0.1, 0.15) is 18.4 Å². The zero-order chi connectivity index (χ0) is 17.0. The van der Waals surface area contributed by atoms with Crippen LogP contribution in [-0.2, 0) is 20.8 Å². The molecule has 9 heteroatoms. The van der Waals surface area contributed by atoms with Gasteiger partial charge in [-0.15, -0.1) is 0 Å². The van der Waals surface area contributed by atoms with Crippen LogP contribution in [0.4, 0.5) is 5.69 Å². The predicted molar refractivity (Wildman–Crippen MR) is 77.5 cm³/mol. The van der Waals surface area contributed by atoms with Gasteiger partial charge in [0.1, 0.15) is 12.1 Å². The number of benzene rings is 1. The van der Waals surface area contributed by atoms with E-state index in [-0.39, 0.29) is 30.0 Å². The van der Waals surface area contributed by atoms with Crippen molar-refractivity contribution in [1.29, 1.82) is 0 Å². The first-order valence-corrected chi connectivity index (χ1v) is 6.93. The first-order chi connectivity index (χ1) is 10.9. The smallest absolute Gasteiger partial charge is 0.326 e. The normalized spacial score (nSPS) is 18.1. The van der Waals surface area contributed by atoms with Gasteiger partial charge in [0.2, 0.25) is 11.8 Å². The summed E-state index contributed by atoms with van der Waals surface area (Å²) in [5, 5.41) is 25.0. The van der Waals surface area contributed by atoms with E-state index in [0.717, 1.165) is 0 Å². The largest absolute Gasteiger partial charge is 0.480 e. The molecule has 1 saturated heterocycles. The summed E-state index contributed by atoms with van der Waals surface area (Å²) in [6.45, 7) is 0. The Labute approximate surface area is 130 Å². The molecule has 2 atom stereocenters. The molecule has 1 aromatic carbocycles. The molecule has 0 unspecified atom stereocenters. The highest BCUT2D eigenvalue weighted by atomic mass is 16.6. The molecular formula is C14H15N3O6. The maximum Gasteiger partial charge on any atom is 0.326 e. The fourth-order valence-electron chi connectivity index (χ4n) is 2.36. The van der Waals surface area contributed by atoms with Crippen LogP contribution < -0.4 is 10.6 Å². The number of carbonyl (C=O) groups excluding carboxylic acids is 2. The van der Waals surface area contributed by atoms with E-state index in [2.05, 4.69) is 10.6 Å². The topological polar surface area (TPSA) is 139 Å². The summed E-state index contributed by atoms with van der Waals surface area (Å²) in [5.74, 6) is -2.18. The minimum atomic E-state index is -1.32. The van der Waals surface area contributed by atoms with Crippen molar-refractivity contribution in [2.45, 2.75) is 31.3 Å². The number of nitro benzene ring substituents is 1. The Morgan fingerprint density at radius 3 is 2.70 bits per heavy atom. The Balaban J connectivity index is 2.11. The van der Waals surface area contributed by atoms with Crippen molar-refractivity contribution in [2.75, 3.05) is 0 Å². The number of aliphatic carboxylic acids is 1. The maximum atomic E-state index is 12.0. The monoisotopic (exact) mass is 321 g/mol. The van der Waals surface area contributed by atoms with Gasteiger partial charge in [0.25, 0.3) is 5.69 Å². The molecule has 1 aromatic rings. The van der Waals surface area contributed by atoms with Crippen LogP contribution in [0.5, 0.6) is 0 Å². The quantitative estimate of drug-likeness (QED) is 0.497. The predicted octanol–water partition coefficient (Wildman–Crippen LogP) is -0.0147. The van der Waals surface area contributed by atoms with E-state index in [1.54, 1.807) is 6.07 Å². The molecule has 1 fully saturated rings. The summed E-state index contributed by atoms with van der Waals surface area (Å²) in [5.41, 5.74) is 0.00262. The molecule has 0 spiro atoms. The number of hydrogen-bond acceptors (Lipinski definition) is 5. The van der Waals surface area contributed by atoms with Crippen LogP contribution in [0.25, 0.3) is 0 Å². The third-order valence-corrected chi connectivity index (χ3v) is 3.54. The third-order valence-electron chi connectivity index (χ3n) is 3.54. The maximum absolute atomic E-state index is 12.0. The van der Waals surface area contributed by atoms with E-state index in [1.165, 1.54) is 18.2 Å². The second-order valence-electron chi connectivity index (χ2n) is 5.15. The minimum Gasteiger partial charge on any atom is -0.480 e. The second kappa shape index (κ2) is 6.86. The van der Waals surface area contributed by atoms with Crippen LogP contribution in [0.2, 0.25) is 0 Å². The summed E-state index contributed by atoms with van der Waals surface area (Å²) in [7, 11) is 0. The number of amides is 2. The first kappa shape index (κ1) is 16.4. The molecule has 1 heterocycles. The molecular weight excluding hydrogens is 306 g/mol. The molecule has 0 bridgehead atoms. The zero-order valence-electron chi connectivity index (χ0n) is 12.0. The molecule has 2 rings (SSSR count). The van der Waals surface area contributed by atoms with Crippen molar-refractivity contribution in [3.63, 3.8) is 0 Å². The number of carboxylic acid groups (broad SMARTS) is 1.